The summed E-state index contributed by atoms with van der Waals surface area (Å²) >= 11 is 0. The standard InChI is InChI=1S/C12H23NO/c1-3-4-10-14-11(2)6-5-9-13-12-7-8-12/h3-4,11-13H,5-10H2,1-2H3. The normalized spacial score (nSPS) is 19.0. The Morgan fingerprint density at radius 3 is 2.93 bits per heavy atom. The Kier molecular flexibility index (Phi) is 5.88. The maximum atomic E-state index is 5.59. The van der Waals surface area contributed by atoms with Crippen molar-refractivity contribution in [1.29, 1.82) is 0 Å². The molecule has 1 saturated carbocycles. The van der Waals surface area contributed by atoms with Crippen molar-refractivity contribution < 1.29 is 4.74 Å². The molecular formula is C12H23NO. The summed E-state index contributed by atoms with van der Waals surface area (Å²) in [5.74, 6) is 0. The van der Waals surface area contributed by atoms with Gasteiger partial charge < -0.3 is 10.1 Å². The largest absolute Gasteiger partial charge is 0.374 e. The first-order valence-electron chi connectivity index (χ1n) is 5.79. The maximum Gasteiger partial charge on any atom is 0.0650 e. The third-order valence-electron chi connectivity index (χ3n) is 2.51. The summed E-state index contributed by atoms with van der Waals surface area (Å²) in [6.07, 6.45) is 9.64. The molecule has 1 N–H and O–H groups in total. The summed E-state index contributed by atoms with van der Waals surface area (Å²) in [5, 5.41) is 3.51. The molecule has 1 rings (SSSR count). The molecule has 0 amide bonds. The molecule has 0 aliphatic heterocycles. The minimum absolute atomic E-state index is 0.396. The molecule has 0 aromatic heterocycles. The van der Waals surface area contributed by atoms with Gasteiger partial charge >= 0.3 is 0 Å². The SMILES string of the molecule is CC=CCOC(C)CCCNC1CC1. The summed E-state index contributed by atoms with van der Waals surface area (Å²) < 4.78 is 5.59. The van der Waals surface area contributed by atoms with Crippen LogP contribution in [0, 0.1) is 0 Å². The topological polar surface area (TPSA) is 21.3 Å². The number of hydrogen-bond acceptors (Lipinski definition) is 2. The number of rotatable bonds is 8. The fraction of sp³-hybridized carbons (Fsp3) is 0.833. The van der Waals surface area contributed by atoms with Crippen LogP contribution in [0.3, 0.4) is 0 Å². The third-order valence-corrected chi connectivity index (χ3v) is 2.51. The van der Waals surface area contributed by atoms with Gasteiger partial charge in [0, 0.05) is 6.04 Å². The average molecular weight is 197 g/mol. The Labute approximate surface area is 87.7 Å². The lowest BCUT2D eigenvalue weighted by atomic mass is 10.2. The highest BCUT2D eigenvalue weighted by atomic mass is 16.5. The van der Waals surface area contributed by atoms with Gasteiger partial charge in [-0.1, -0.05) is 12.2 Å². The van der Waals surface area contributed by atoms with Crippen LogP contribution in [0.5, 0.6) is 0 Å². The zero-order valence-electron chi connectivity index (χ0n) is 9.46. The summed E-state index contributed by atoms with van der Waals surface area (Å²) in [4.78, 5) is 0. The van der Waals surface area contributed by atoms with Crippen molar-refractivity contribution in [1.82, 2.24) is 5.32 Å². The quantitative estimate of drug-likeness (QED) is 0.477. The first-order valence-corrected chi connectivity index (χ1v) is 5.79. The smallest absolute Gasteiger partial charge is 0.0650 e. The number of ether oxygens (including phenoxy) is 1. The molecule has 1 aliphatic carbocycles. The van der Waals surface area contributed by atoms with Crippen LogP contribution in [-0.2, 0) is 4.74 Å². The number of hydrogen-bond donors (Lipinski definition) is 1. The van der Waals surface area contributed by atoms with Crippen LogP contribution in [0.4, 0.5) is 0 Å². The van der Waals surface area contributed by atoms with Crippen molar-refractivity contribution >= 4 is 0 Å². The van der Waals surface area contributed by atoms with Gasteiger partial charge in [0.2, 0.25) is 0 Å². The minimum Gasteiger partial charge on any atom is -0.374 e. The van der Waals surface area contributed by atoms with Crippen molar-refractivity contribution in [2.45, 2.75) is 51.7 Å². The molecule has 2 nitrogen and oxygen atoms in total. The van der Waals surface area contributed by atoms with Crippen molar-refractivity contribution in [2.75, 3.05) is 13.2 Å². The lowest BCUT2D eigenvalue weighted by molar-refractivity contribution is 0.0803. The molecular weight excluding hydrogens is 174 g/mol. The van der Waals surface area contributed by atoms with Crippen LogP contribution in [-0.4, -0.2) is 25.3 Å². The Morgan fingerprint density at radius 1 is 1.50 bits per heavy atom. The minimum atomic E-state index is 0.396. The van der Waals surface area contributed by atoms with E-state index in [1.807, 2.05) is 13.0 Å². The van der Waals surface area contributed by atoms with Gasteiger partial charge in [0.25, 0.3) is 0 Å². The fourth-order valence-corrected chi connectivity index (χ4v) is 1.38. The highest BCUT2D eigenvalue weighted by molar-refractivity contribution is 4.80. The second-order valence-corrected chi connectivity index (χ2v) is 4.08. The molecule has 82 valence electrons. The lowest BCUT2D eigenvalue weighted by Gasteiger charge is -2.11. The van der Waals surface area contributed by atoms with Crippen molar-refractivity contribution in [3.8, 4) is 0 Å². The van der Waals surface area contributed by atoms with Gasteiger partial charge in [-0.15, -0.1) is 0 Å². The first kappa shape index (κ1) is 11.7. The van der Waals surface area contributed by atoms with E-state index in [4.69, 9.17) is 4.74 Å². The zero-order chi connectivity index (χ0) is 10.2. The van der Waals surface area contributed by atoms with Crippen molar-refractivity contribution in [3.05, 3.63) is 12.2 Å². The van der Waals surface area contributed by atoms with Gasteiger partial charge in [-0.3, -0.25) is 0 Å². The van der Waals surface area contributed by atoms with E-state index in [-0.39, 0.29) is 0 Å². The van der Waals surface area contributed by atoms with E-state index in [2.05, 4.69) is 18.3 Å². The van der Waals surface area contributed by atoms with Crippen molar-refractivity contribution in [2.24, 2.45) is 0 Å². The van der Waals surface area contributed by atoms with Gasteiger partial charge in [0.1, 0.15) is 0 Å². The molecule has 1 aliphatic rings. The molecule has 0 heterocycles. The van der Waals surface area contributed by atoms with E-state index in [1.54, 1.807) is 0 Å². The van der Waals surface area contributed by atoms with Gasteiger partial charge in [0.05, 0.1) is 12.7 Å². The van der Waals surface area contributed by atoms with Crippen LogP contribution in [0.15, 0.2) is 12.2 Å². The van der Waals surface area contributed by atoms with E-state index in [1.165, 1.54) is 19.3 Å². The van der Waals surface area contributed by atoms with Gasteiger partial charge in [-0.05, 0) is 46.1 Å². The molecule has 0 spiro atoms. The Bertz CT molecular complexity index is 164. The number of nitrogens with one attached hydrogen (secondary N) is 1. The predicted molar refractivity (Wildman–Crippen MR) is 60.5 cm³/mol. The molecule has 1 unspecified atom stereocenters. The molecule has 0 aromatic carbocycles. The highest BCUT2D eigenvalue weighted by Crippen LogP contribution is 2.18. The molecule has 0 radical (unpaired) electrons. The first-order chi connectivity index (χ1) is 6.83. The lowest BCUT2D eigenvalue weighted by Crippen LogP contribution is -2.19. The number of allylic oxidation sites excluding steroid dienone is 1. The van der Waals surface area contributed by atoms with Gasteiger partial charge in [-0.2, -0.15) is 0 Å². The summed E-state index contributed by atoms with van der Waals surface area (Å²) in [5.41, 5.74) is 0. The second kappa shape index (κ2) is 7.02. The fourth-order valence-electron chi connectivity index (χ4n) is 1.38. The Morgan fingerprint density at radius 2 is 2.29 bits per heavy atom. The Hall–Kier alpha value is -0.340. The predicted octanol–water partition coefficient (Wildman–Crippen LogP) is 2.50. The van der Waals surface area contributed by atoms with Crippen molar-refractivity contribution in [3.63, 3.8) is 0 Å². The van der Waals surface area contributed by atoms with Gasteiger partial charge in [0.15, 0.2) is 0 Å². The molecule has 2 heteroatoms. The molecule has 0 aromatic rings. The summed E-state index contributed by atoms with van der Waals surface area (Å²) in [7, 11) is 0. The van der Waals surface area contributed by atoms with E-state index in [0.29, 0.717) is 6.10 Å². The van der Waals surface area contributed by atoms with E-state index >= 15 is 0 Å². The van der Waals surface area contributed by atoms with E-state index < -0.39 is 0 Å². The van der Waals surface area contributed by atoms with Crippen LogP contribution >= 0.6 is 0 Å². The molecule has 1 atom stereocenters. The average Bonchev–Trinajstić information content (AvgIpc) is 2.97. The molecule has 14 heavy (non-hydrogen) atoms. The van der Waals surface area contributed by atoms with Crippen LogP contribution in [0.1, 0.15) is 39.5 Å². The van der Waals surface area contributed by atoms with Crippen LogP contribution in [0.2, 0.25) is 0 Å². The summed E-state index contributed by atoms with van der Waals surface area (Å²) in [6.45, 7) is 6.09. The second-order valence-electron chi connectivity index (χ2n) is 4.08. The van der Waals surface area contributed by atoms with Gasteiger partial charge in [-0.25, -0.2) is 0 Å². The summed E-state index contributed by atoms with van der Waals surface area (Å²) in [6, 6.07) is 0.842. The molecule has 0 bridgehead atoms. The molecule has 0 saturated heterocycles. The Balaban J connectivity index is 1.83. The van der Waals surface area contributed by atoms with Crippen LogP contribution in [0.25, 0.3) is 0 Å². The van der Waals surface area contributed by atoms with E-state index in [9.17, 15) is 0 Å². The monoisotopic (exact) mass is 197 g/mol. The highest BCUT2D eigenvalue weighted by Gasteiger charge is 2.19. The zero-order valence-corrected chi connectivity index (χ0v) is 9.46. The van der Waals surface area contributed by atoms with E-state index in [0.717, 1.165) is 25.6 Å². The molecule has 1 fully saturated rings. The van der Waals surface area contributed by atoms with Crippen LogP contribution < -0.4 is 5.32 Å². The third kappa shape index (κ3) is 6.17. The maximum absolute atomic E-state index is 5.59.